The zero-order valence-corrected chi connectivity index (χ0v) is 29.4. The molecular weight excluding hydrogens is 669 g/mol. The number of esters is 1. The van der Waals surface area contributed by atoms with Crippen LogP contribution in [0.1, 0.15) is 79.7 Å². The number of carbonyl (C=O) groups is 2. The fourth-order valence-electron chi connectivity index (χ4n) is 9.78. The van der Waals surface area contributed by atoms with E-state index in [0.29, 0.717) is 56.1 Å². The standard InChI is InChI=1S/C42H45F3N2O5/c1-27(48)51-34-17-16-31-25-35-41(50)20-19-33(39-40(41,37(31)38(34)52-39)21-23-46(35)26-30-13-14-30)47(22-6-5-10-28-8-3-2-4-9-28)36(49)18-15-29-11-7-12-32(24-29)42(43,44)45/h2-4,7-9,11-12,15-18,24,30,33,35,39,50H,5-6,10,13-14,19-23,25-26H2,1H3/t33-,35+,39-,40-,41+/m0/s1. The van der Waals surface area contributed by atoms with Crippen LogP contribution in [0.5, 0.6) is 11.5 Å². The van der Waals surface area contributed by atoms with Crippen LogP contribution in [0.4, 0.5) is 13.2 Å². The fraction of sp³-hybridized carbons (Fsp3) is 0.476. The number of hydrogen-bond donors (Lipinski definition) is 1. The first-order valence-corrected chi connectivity index (χ1v) is 18.7. The molecule has 7 nitrogen and oxygen atoms in total. The molecule has 2 saturated carbocycles. The summed E-state index contributed by atoms with van der Waals surface area (Å²) in [7, 11) is 0. The lowest BCUT2D eigenvalue weighted by Gasteiger charge is -2.65. The molecule has 0 radical (unpaired) electrons. The Morgan fingerprint density at radius 1 is 1.04 bits per heavy atom. The van der Waals surface area contributed by atoms with E-state index in [4.69, 9.17) is 9.47 Å². The van der Waals surface area contributed by atoms with Gasteiger partial charge in [-0.15, -0.1) is 0 Å². The molecule has 2 bridgehead atoms. The number of carbonyl (C=O) groups excluding carboxylic acids is 2. The van der Waals surface area contributed by atoms with Crippen molar-refractivity contribution in [3.05, 3.63) is 101 Å². The number of aryl methyl sites for hydroxylation is 1. The van der Waals surface area contributed by atoms with Crippen molar-refractivity contribution in [3.63, 3.8) is 0 Å². The van der Waals surface area contributed by atoms with Gasteiger partial charge in [-0.3, -0.25) is 14.5 Å². The Morgan fingerprint density at radius 2 is 1.85 bits per heavy atom. The van der Waals surface area contributed by atoms with Gasteiger partial charge >= 0.3 is 12.1 Å². The molecule has 2 aliphatic heterocycles. The largest absolute Gasteiger partial charge is 0.483 e. The minimum absolute atomic E-state index is 0.109. The summed E-state index contributed by atoms with van der Waals surface area (Å²) >= 11 is 0. The monoisotopic (exact) mass is 714 g/mol. The van der Waals surface area contributed by atoms with Crippen LogP contribution in [-0.2, 0) is 34.0 Å². The number of piperidine rings is 1. The molecule has 1 N–H and O–H groups in total. The third-order valence-corrected chi connectivity index (χ3v) is 12.2. The van der Waals surface area contributed by atoms with E-state index in [0.717, 1.165) is 49.2 Å². The van der Waals surface area contributed by atoms with Crippen LogP contribution in [0.15, 0.2) is 72.8 Å². The van der Waals surface area contributed by atoms with E-state index in [9.17, 15) is 27.9 Å². The van der Waals surface area contributed by atoms with E-state index in [1.54, 1.807) is 12.1 Å². The van der Waals surface area contributed by atoms with Gasteiger partial charge in [0, 0.05) is 37.7 Å². The zero-order valence-electron chi connectivity index (χ0n) is 29.4. The Kier molecular flexibility index (Phi) is 8.97. The predicted molar refractivity (Wildman–Crippen MR) is 190 cm³/mol. The maximum atomic E-state index is 14.4. The number of alkyl halides is 3. The molecular formula is C42H45F3N2O5. The third-order valence-electron chi connectivity index (χ3n) is 12.2. The lowest BCUT2D eigenvalue weighted by atomic mass is 9.48. The number of rotatable bonds is 11. The number of halogens is 3. The normalized spacial score (nSPS) is 27.6. The second-order valence-corrected chi connectivity index (χ2v) is 15.4. The van der Waals surface area contributed by atoms with Crippen LogP contribution in [0.25, 0.3) is 6.08 Å². The van der Waals surface area contributed by atoms with Gasteiger partial charge in [0.2, 0.25) is 5.91 Å². The number of hydrogen-bond acceptors (Lipinski definition) is 6. The lowest BCUT2D eigenvalue weighted by molar-refractivity contribution is -0.201. The van der Waals surface area contributed by atoms with E-state index in [-0.39, 0.29) is 17.5 Å². The van der Waals surface area contributed by atoms with Gasteiger partial charge in [0.1, 0.15) is 6.10 Å². The Labute approximate surface area is 302 Å². The number of likely N-dealkylation sites (tertiary alicyclic amines) is 1. The summed E-state index contributed by atoms with van der Waals surface area (Å²) in [6.45, 7) is 3.50. The molecule has 0 aromatic heterocycles. The molecule has 274 valence electrons. The van der Waals surface area contributed by atoms with Gasteiger partial charge in [-0.25, -0.2) is 0 Å². The van der Waals surface area contributed by atoms with Crippen molar-refractivity contribution in [1.82, 2.24) is 9.80 Å². The van der Waals surface area contributed by atoms with E-state index >= 15 is 0 Å². The van der Waals surface area contributed by atoms with E-state index < -0.39 is 40.9 Å². The molecule has 1 amide bonds. The Hall–Kier alpha value is -4.15. The van der Waals surface area contributed by atoms with Crippen LogP contribution in [-0.4, -0.2) is 70.2 Å². The van der Waals surface area contributed by atoms with Crippen LogP contribution >= 0.6 is 0 Å². The summed E-state index contributed by atoms with van der Waals surface area (Å²) in [5.74, 6) is 0.665. The highest BCUT2D eigenvalue weighted by Crippen LogP contribution is 2.66. The van der Waals surface area contributed by atoms with Crippen molar-refractivity contribution in [2.24, 2.45) is 5.92 Å². The minimum Gasteiger partial charge on any atom is -0.483 e. The van der Waals surface area contributed by atoms with Gasteiger partial charge in [-0.2, -0.15) is 13.2 Å². The highest BCUT2D eigenvalue weighted by atomic mass is 19.4. The second-order valence-electron chi connectivity index (χ2n) is 15.4. The Morgan fingerprint density at radius 3 is 2.60 bits per heavy atom. The summed E-state index contributed by atoms with van der Waals surface area (Å²) in [5.41, 5.74) is 0.745. The SMILES string of the molecule is CC(=O)Oc1ccc2c3c1O[C@H]1[C@@H](N(CCCCc4ccccc4)C(=O)C=Cc4cccc(C(F)(F)F)c4)CC[C@@]4(O)[C@@H](C2)N(CC2CC2)CC[C@]314. The molecule has 0 unspecified atom stereocenters. The first-order chi connectivity index (χ1) is 25.0. The zero-order chi connectivity index (χ0) is 36.3. The van der Waals surface area contributed by atoms with Crippen LogP contribution in [0.3, 0.4) is 0 Å². The number of aliphatic hydroxyl groups is 1. The average Bonchev–Trinajstić information content (AvgIpc) is 3.87. The van der Waals surface area contributed by atoms with E-state index in [2.05, 4.69) is 17.0 Å². The fourth-order valence-corrected chi connectivity index (χ4v) is 9.78. The molecule has 3 aliphatic carbocycles. The Balaban J connectivity index is 1.15. The van der Waals surface area contributed by atoms with Gasteiger partial charge in [0.05, 0.1) is 22.6 Å². The molecule has 3 aromatic rings. The summed E-state index contributed by atoms with van der Waals surface area (Å²) in [4.78, 5) is 30.9. The maximum Gasteiger partial charge on any atom is 0.416 e. The Bertz CT molecular complexity index is 1880. The molecule has 5 atom stereocenters. The molecule has 1 spiro atoms. The smallest absolute Gasteiger partial charge is 0.416 e. The minimum atomic E-state index is -4.50. The average molecular weight is 715 g/mol. The van der Waals surface area contributed by atoms with Crippen LogP contribution in [0.2, 0.25) is 0 Å². The quantitative estimate of drug-likeness (QED) is 0.0987. The highest BCUT2D eigenvalue weighted by Gasteiger charge is 2.73. The number of nitrogens with zero attached hydrogens (tertiary/aromatic N) is 2. The van der Waals surface area contributed by atoms with E-state index in [1.165, 1.54) is 43.5 Å². The van der Waals surface area contributed by atoms with Gasteiger partial charge < -0.3 is 19.5 Å². The molecule has 3 fully saturated rings. The molecule has 1 saturated heterocycles. The predicted octanol–water partition coefficient (Wildman–Crippen LogP) is 7.13. The van der Waals surface area contributed by atoms with Crippen molar-refractivity contribution < 1.29 is 37.3 Å². The number of benzene rings is 3. The molecule has 5 aliphatic rings. The van der Waals surface area contributed by atoms with Crippen molar-refractivity contribution >= 4 is 18.0 Å². The van der Waals surface area contributed by atoms with E-state index in [1.807, 2.05) is 29.2 Å². The first kappa shape index (κ1) is 34.9. The summed E-state index contributed by atoms with van der Waals surface area (Å²) < 4.78 is 53.1. The van der Waals surface area contributed by atoms with Gasteiger partial charge in [-0.1, -0.05) is 48.5 Å². The summed E-state index contributed by atoms with van der Waals surface area (Å²) in [6.07, 6.45) is 4.75. The highest BCUT2D eigenvalue weighted by molar-refractivity contribution is 5.92. The third kappa shape index (κ3) is 6.11. The van der Waals surface area contributed by atoms with Crippen molar-refractivity contribution in [2.75, 3.05) is 19.6 Å². The van der Waals surface area contributed by atoms with Gasteiger partial charge in [-0.05, 0) is 111 Å². The van der Waals surface area contributed by atoms with Crippen molar-refractivity contribution in [3.8, 4) is 11.5 Å². The molecule has 3 aromatic carbocycles. The topological polar surface area (TPSA) is 79.3 Å². The molecule has 8 rings (SSSR count). The van der Waals surface area contributed by atoms with Crippen LogP contribution in [0, 0.1) is 5.92 Å². The molecule has 10 heteroatoms. The van der Waals surface area contributed by atoms with Crippen molar-refractivity contribution in [2.45, 2.75) is 100 Å². The number of amides is 1. The van der Waals surface area contributed by atoms with Crippen LogP contribution < -0.4 is 9.47 Å². The summed E-state index contributed by atoms with van der Waals surface area (Å²) in [6, 6.07) is 18.4. The summed E-state index contributed by atoms with van der Waals surface area (Å²) in [5, 5.41) is 13.1. The maximum absolute atomic E-state index is 14.4. The lowest BCUT2D eigenvalue weighted by Crippen LogP contribution is -2.78. The first-order valence-electron chi connectivity index (χ1n) is 18.7. The van der Waals surface area contributed by atoms with Crippen molar-refractivity contribution in [1.29, 1.82) is 0 Å². The van der Waals surface area contributed by atoms with Gasteiger partial charge in [0.15, 0.2) is 11.5 Å². The molecule has 52 heavy (non-hydrogen) atoms. The second kappa shape index (κ2) is 13.4. The number of ether oxygens (including phenoxy) is 2. The molecule has 2 heterocycles. The number of unbranched alkanes of at least 4 members (excludes halogenated alkanes) is 1. The van der Waals surface area contributed by atoms with Gasteiger partial charge in [0.25, 0.3) is 0 Å².